The third-order valence-electron chi connectivity index (χ3n) is 3.27. The predicted octanol–water partition coefficient (Wildman–Crippen LogP) is 3.28. The highest BCUT2D eigenvalue weighted by molar-refractivity contribution is 6.30. The minimum absolute atomic E-state index is 0.360. The first-order valence-corrected chi connectivity index (χ1v) is 6.67. The number of benzene rings is 2. The number of aromatic nitrogens is 2. The lowest BCUT2D eigenvalue weighted by atomic mass is 10.2. The molecule has 3 aromatic rings. The Bertz CT molecular complexity index is 814. The molecular weight excluding hydrogens is 290 g/mol. The van der Waals surface area contributed by atoms with Crippen LogP contribution in [0.2, 0.25) is 5.02 Å². The normalized spacial score (nSPS) is 10.8. The van der Waals surface area contributed by atoms with Crippen LogP contribution < -0.4 is 15.2 Å². The van der Waals surface area contributed by atoms with Gasteiger partial charge in [-0.2, -0.15) is 0 Å². The third kappa shape index (κ3) is 2.25. The second-order valence-electron chi connectivity index (χ2n) is 4.48. The number of imidazole rings is 1. The van der Waals surface area contributed by atoms with Crippen LogP contribution in [-0.4, -0.2) is 23.8 Å². The quantitative estimate of drug-likeness (QED) is 0.806. The standard InChI is InChI=1S/C15H14ClN3O2/c1-20-10-4-5-11-12(8-10)19(15(17)18-11)13-7-9(16)3-6-14(13)21-2/h3-8H,1-2H3,(H2,17,18). The van der Waals surface area contributed by atoms with Crippen molar-refractivity contribution < 1.29 is 9.47 Å². The summed E-state index contributed by atoms with van der Waals surface area (Å²) >= 11 is 6.10. The number of nitrogens with zero attached hydrogens (tertiary/aromatic N) is 2. The van der Waals surface area contributed by atoms with Crippen LogP contribution in [0.4, 0.5) is 5.95 Å². The van der Waals surface area contributed by atoms with E-state index in [-0.39, 0.29) is 0 Å². The average Bonchev–Trinajstić information content (AvgIpc) is 2.81. The van der Waals surface area contributed by atoms with Gasteiger partial charge in [0.2, 0.25) is 5.95 Å². The molecule has 0 spiro atoms. The molecule has 21 heavy (non-hydrogen) atoms. The van der Waals surface area contributed by atoms with Crippen molar-refractivity contribution >= 4 is 28.6 Å². The van der Waals surface area contributed by atoms with Gasteiger partial charge in [0.15, 0.2) is 0 Å². The first kappa shape index (κ1) is 13.6. The number of nitrogen functional groups attached to an aromatic ring is 1. The summed E-state index contributed by atoms with van der Waals surface area (Å²) in [7, 11) is 3.22. The number of hydrogen-bond acceptors (Lipinski definition) is 4. The van der Waals surface area contributed by atoms with E-state index in [9.17, 15) is 0 Å². The molecule has 0 saturated heterocycles. The number of halogens is 1. The number of anilines is 1. The summed E-state index contributed by atoms with van der Waals surface area (Å²) in [5, 5.41) is 0.593. The summed E-state index contributed by atoms with van der Waals surface area (Å²) in [6.07, 6.45) is 0. The summed E-state index contributed by atoms with van der Waals surface area (Å²) in [4.78, 5) is 4.36. The Balaban J connectivity index is 2.33. The van der Waals surface area contributed by atoms with Crippen molar-refractivity contribution in [2.45, 2.75) is 0 Å². The van der Waals surface area contributed by atoms with Gasteiger partial charge in [-0.3, -0.25) is 4.57 Å². The van der Waals surface area contributed by atoms with Crippen LogP contribution in [0.25, 0.3) is 16.7 Å². The fraction of sp³-hybridized carbons (Fsp3) is 0.133. The van der Waals surface area contributed by atoms with E-state index >= 15 is 0 Å². The van der Waals surface area contributed by atoms with E-state index < -0.39 is 0 Å². The number of ether oxygens (including phenoxy) is 2. The lowest BCUT2D eigenvalue weighted by molar-refractivity contribution is 0.412. The third-order valence-corrected chi connectivity index (χ3v) is 3.50. The van der Waals surface area contributed by atoms with Gasteiger partial charge in [0.25, 0.3) is 0 Å². The Morgan fingerprint density at radius 3 is 2.62 bits per heavy atom. The van der Waals surface area contributed by atoms with Crippen LogP contribution in [0.15, 0.2) is 36.4 Å². The fourth-order valence-corrected chi connectivity index (χ4v) is 2.46. The molecule has 0 atom stereocenters. The molecule has 0 saturated carbocycles. The van der Waals surface area contributed by atoms with E-state index in [1.807, 2.05) is 18.2 Å². The zero-order valence-corrected chi connectivity index (χ0v) is 12.4. The first-order chi connectivity index (χ1) is 10.1. The van der Waals surface area contributed by atoms with E-state index in [2.05, 4.69) is 4.98 Å². The molecule has 5 nitrogen and oxygen atoms in total. The highest BCUT2D eigenvalue weighted by Crippen LogP contribution is 2.32. The minimum atomic E-state index is 0.360. The van der Waals surface area contributed by atoms with Crippen molar-refractivity contribution in [2.24, 2.45) is 0 Å². The van der Waals surface area contributed by atoms with Crippen LogP contribution in [0.1, 0.15) is 0 Å². The van der Waals surface area contributed by atoms with Gasteiger partial charge >= 0.3 is 0 Å². The molecule has 0 aliphatic heterocycles. The Kier molecular flexibility index (Phi) is 3.35. The maximum atomic E-state index is 6.10. The van der Waals surface area contributed by atoms with Crippen molar-refractivity contribution in [3.8, 4) is 17.2 Å². The van der Waals surface area contributed by atoms with Crippen LogP contribution in [0, 0.1) is 0 Å². The summed E-state index contributed by atoms with van der Waals surface area (Å²) in [5.41, 5.74) is 8.40. The van der Waals surface area contributed by atoms with Crippen LogP contribution in [-0.2, 0) is 0 Å². The fourth-order valence-electron chi connectivity index (χ4n) is 2.29. The molecule has 0 radical (unpaired) electrons. The molecule has 1 heterocycles. The zero-order chi connectivity index (χ0) is 15.0. The number of methoxy groups -OCH3 is 2. The SMILES string of the molecule is COc1ccc2nc(N)n(-c3cc(Cl)ccc3OC)c2c1. The van der Waals surface area contributed by atoms with Gasteiger partial charge in [0.05, 0.1) is 30.9 Å². The highest BCUT2D eigenvalue weighted by Gasteiger charge is 2.15. The molecule has 2 N–H and O–H groups in total. The molecule has 1 aromatic heterocycles. The van der Waals surface area contributed by atoms with Gasteiger partial charge in [0, 0.05) is 11.1 Å². The maximum Gasteiger partial charge on any atom is 0.206 e. The molecule has 2 aromatic carbocycles. The molecular formula is C15H14ClN3O2. The smallest absolute Gasteiger partial charge is 0.206 e. The van der Waals surface area contributed by atoms with Crippen molar-refractivity contribution in [2.75, 3.05) is 20.0 Å². The molecule has 6 heteroatoms. The first-order valence-electron chi connectivity index (χ1n) is 6.30. The molecule has 0 fully saturated rings. The Morgan fingerprint density at radius 1 is 1.10 bits per heavy atom. The average molecular weight is 304 g/mol. The molecule has 3 rings (SSSR count). The topological polar surface area (TPSA) is 62.3 Å². The molecule has 0 aliphatic carbocycles. The van der Waals surface area contributed by atoms with Gasteiger partial charge in [-0.15, -0.1) is 0 Å². The van der Waals surface area contributed by atoms with Crippen molar-refractivity contribution in [3.63, 3.8) is 0 Å². The van der Waals surface area contributed by atoms with Crippen LogP contribution >= 0.6 is 11.6 Å². The van der Waals surface area contributed by atoms with Crippen molar-refractivity contribution in [1.82, 2.24) is 9.55 Å². The molecule has 0 unspecified atom stereocenters. The van der Waals surface area contributed by atoms with Gasteiger partial charge in [-0.1, -0.05) is 11.6 Å². The minimum Gasteiger partial charge on any atom is -0.497 e. The number of rotatable bonds is 3. The lowest BCUT2D eigenvalue weighted by Gasteiger charge is -2.12. The highest BCUT2D eigenvalue weighted by atomic mass is 35.5. The van der Waals surface area contributed by atoms with Gasteiger partial charge in [-0.25, -0.2) is 4.98 Å². The van der Waals surface area contributed by atoms with Crippen molar-refractivity contribution in [1.29, 1.82) is 0 Å². The Labute approximate surface area is 126 Å². The van der Waals surface area contributed by atoms with E-state index in [0.717, 1.165) is 22.5 Å². The number of nitrogens with two attached hydrogens (primary N) is 1. The molecule has 108 valence electrons. The van der Waals surface area contributed by atoms with Crippen LogP contribution in [0.5, 0.6) is 11.5 Å². The van der Waals surface area contributed by atoms with E-state index in [1.165, 1.54) is 0 Å². The largest absolute Gasteiger partial charge is 0.497 e. The van der Waals surface area contributed by atoms with Gasteiger partial charge < -0.3 is 15.2 Å². The number of hydrogen-bond donors (Lipinski definition) is 1. The summed E-state index contributed by atoms with van der Waals surface area (Å²) in [6, 6.07) is 10.9. The number of fused-ring (bicyclic) bond motifs is 1. The summed E-state index contributed by atoms with van der Waals surface area (Å²) in [5.74, 6) is 1.75. The zero-order valence-electron chi connectivity index (χ0n) is 11.6. The summed E-state index contributed by atoms with van der Waals surface area (Å²) < 4.78 is 12.4. The lowest BCUT2D eigenvalue weighted by Crippen LogP contribution is -2.03. The molecule has 0 aliphatic rings. The summed E-state index contributed by atoms with van der Waals surface area (Å²) in [6.45, 7) is 0. The molecule has 0 amide bonds. The van der Waals surface area contributed by atoms with Crippen molar-refractivity contribution in [3.05, 3.63) is 41.4 Å². The van der Waals surface area contributed by atoms with Crippen LogP contribution in [0.3, 0.4) is 0 Å². The molecule has 0 bridgehead atoms. The Hall–Kier alpha value is -2.40. The van der Waals surface area contributed by atoms with E-state index in [1.54, 1.807) is 37.0 Å². The second kappa shape index (κ2) is 5.18. The van der Waals surface area contributed by atoms with E-state index in [0.29, 0.717) is 16.7 Å². The second-order valence-corrected chi connectivity index (χ2v) is 4.91. The maximum absolute atomic E-state index is 6.10. The monoisotopic (exact) mass is 303 g/mol. The van der Waals surface area contributed by atoms with Gasteiger partial charge in [0.1, 0.15) is 11.5 Å². The predicted molar refractivity (Wildman–Crippen MR) is 83.6 cm³/mol. The van der Waals surface area contributed by atoms with Gasteiger partial charge in [-0.05, 0) is 30.3 Å². The Morgan fingerprint density at radius 2 is 1.90 bits per heavy atom. The van der Waals surface area contributed by atoms with E-state index in [4.69, 9.17) is 26.8 Å².